The highest BCUT2D eigenvalue weighted by Gasteiger charge is 2.26. The molecule has 1 aliphatic heterocycles. The molecule has 2 N–H and O–H groups in total. The number of halogens is 1. The van der Waals surface area contributed by atoms with Gasteiger partial charge in [-0.2, -0.15) is 0 Å². The predicted molar refractivity (Wildman–Crippen MR) is 81.5 cm³/mol. The topological polar surface area (TPSA) is 84.6 Å². The van der Waals surface area contributed by atoms with Gasteiger partial charge in [0.1, 0.15) is 5.60 Å². The zero-order valence-corrected chi connectivity index (χ0v) is 13.2. The monoisotopic (exact) mass is 313 g/mol. The minimum Gasteiger partial charge on any atom is -0.444 e. The summed E-state index contributed by atoms with van der Waals surface area (Å²) in [6.07, 6.45) is -0.291. The number of nitrogen functional groups attached to an aromatic ring is 1. The Bertz CT molecular complexity index is 524. The molecular weight excluding hydrogens is 294 g/mol. The quantitative estimate of drug-likeness (QED) is 0.850. The smallest absolute Gasteiger partial charge is 0.410 e. The summed E-state index contributed by atoms with van der Waals surface area (Å²) in [5.41, 5.74) is 6.08. The number of carbonyl (C=O) groups excluding carboxylic acids is 1. The average Bonchev–Trinajstić information content (AvgIpc) is 2.40. The lowest BCUT2D eigenvalue weighted by Gasteiger charge is -2.36. The number of carbonyl (C=O) groups is 1. The van der Waals surface area contributed by atoms with Crippen LogP contribution in [0, 0.1) is 0 Å². The van der Waals surface area contributed by atoms with Gasteiger partial charge >= 0.3 is 6.09 Å². The maximum Gasteiger partial charge on any atom is 0.410 e. The standard InChI is InChI=1S/C13H20ClN5O2/c1-13(2,3)21-12(20)19-6-4-18(5-7-19)9-8-10(14)16-17-11(9)15/h8H,4-7H2,1-3H3,(H2,15,17). The summed E-state index contributed by atoms with van der Waals surface area (Å²) in [5.74, 6) is 0.338. The molecule has 0 spiro atoms. The molecule has 8 heteroatoms. The van der Waals surface area contributed by atoms with Gasteiger partial charge in [0.2, 0.25) is 0 Å². The van der Waals surface area contributed by atoms with E-state index in [0.29, 0.717) is 37.1 Å². The molecule has 1 amide bonds. The van der Waals surface area contributed by atoms with Crippen LogP contribution in [0.1, 0.15) is 20.8 Å². The van der Waals surface area contributed by atoms with Gasteiger partial charge < -0.3 is 20.3 Å². The van der Waals surface area contributed by atoms with E-state index in [0.717, 1.165) is 5.69 Å². The lowest BCUT2D eigenvalue weighted by atomic mass is 10.2. The fraction of sp³-hybridized carbons (Fsp3) is 0.615. The molecule has 21 heavy (non-hydrogen) atoms. The first-order valence-electron chi connectivity index (χ1n) is 6.78. The Morgan fingerprint density at radius 1 is 1.29 bits per heavy atom. The van der Waals surface area contributed by atoms with Gasteiger partial charge in [-0.15, -0.1) is 10.2 Å². The molecule has 0 radical (unpaired) electrons. The van der Waals surface area contributed by atoms with Crippen LogP contribution in [0.2, 0.25) is 5.15 Å². The normalized spacial score (nSPS) is 16.0. The Morgan fingerprint density at radius 2 is 1.90 bits per heavy atom. The van der Waals surface area contributed by atoms with Crippen LogP contribution in [-0.4, -0.2) is 53.0 Å². The van der Waals surface area contributed by atoms with E-state index in [2.05, 4.69) is 10.2 Å². The van der Waals surface area contributed by atoms with Crippen molar-refractivity contribution in [2.45, 2.75) is 26.4 Å². The Hall–Kier alpha value is -1.76. The third kappa shape index (κ3) is 4.10. The summed E-state index contributed by atoms with van der Waals surface area (Å²) < 4.78 is 5.36. The fourth-order valence-corrected chi connectivity index (χ4v) is 2.22. The van der Waals surface area contributed by atoms with Crippen molar-refractivity contribution in [2.75, 3.05) is 36.8 Å². The number of anilines is 2. The van der Waals surface area contributed by atoms with E-state index in [1.807, 2.05) is 25.7 Å². The molecule has 1 aliphatic rings. The molecule has 2 rings (SSSR count). The molecule has 1 aromatic rings. The van der Waals surface area contributed by atoms with Gasteiger partial charge in [0, 0.05) is 32.2 Å². The van der Waals surface area contributed by atoms with Crippen molar-refractivity contribution < 1.29 is 9.53 Å². The number of ether oxygens (including phenoxy) is 1. The molecule has 0 aliphatic carbocycles. The van der Waals surface area contributed by atoms with Crippen molar-refractivity contribution in [3.8, 4) is 0 Å². The Balaban J connectivity index is 1.97. The molecule has 2 heterocycles. The molecule has 0 saturated carbocycles. The van der Waals surface area contributed by atoms with Crippen LogP contribution in [-0.2, 0) is 4.74 Å². The van der Waals surface area contributed by atoms with E-state index >= 15 is 0 Å². The van der Waals surface area contributed by atoms with Crippen molar-refractivity contribution in [2.24, 2.45) is 0 Å². The third-order valence-electron chi connectivity index (χ3n) is 3.04. The summed E-state index contributed by atoms with van der Waals surface area (Å²) in [5, 5.41) is 7.80. The maximum absolute atomic E-state index is 12.0. The second-order valence-electron chi connectivity index (χ2n) is 5.89. The minimum atomic E-state index is -0.485. The molecule has 0 bridgehead atoms. The average molecular weight is 314 g/mol. The largest absolute Gasteiger partial charge is 0.444 e. The van der Waals surface area contributed by atoms with Crippen molar-refractivity contribution in [1.29, 1.82) is 0 Å². The van der Waals surface area contributed by atoms with Gasteiger partial charge in [0.15, 0.2) is 11.0 Å². The summed E-state index contributed by atoms with van der Waals surface area (Å²) in [7, 11) is 0. The minimum absolute atomic E-state index is 0.291. The van der Waals surface area contributed by atoms with Gasteiger partial charge in [0.05, 0.1) is 5.69 Å². The molecule has 1 aromatic heterocycles. The number of hydrogen-bond acceptors (Lipinski definition) is 6. The molecule has 0 unspecified atom stereocenters. The van der Waals surface area contributed by atoms with Crippen LogP contribution in [0.15, 0.2) is 6.07 Å². The van der Waals surface area contributed by atoms with Gasteiger partial charge in [-0.05, 0) is 20.8 Å². The molecule has 7 nitrogen and oxygen atoms in total. The maximum atomic E-state index is 12.0. The van der Waals surface area contributed by atoms with E-state index < -0.39 is 5.60 Å². The number of nitrogens with two attached hydrogens (primary N) is 1. The summed E-state index contributed by atoms with van der Waals surface area (Å²) in [6, 6.07) is 1.69. The number of rotatable bonds is 1. The fourth-order valence-electron chi connectivity index (χ4n) is 2.08. The Labute approximate surface area is 129 Å². The van der Waals surface area contributed by atoms with Crippen LogP contribution < -0.4 is 10.6 Å². The van der Waals surface area contributed by atoms with E-state index in [-0.39, 0.29) is 6.09 Å². The van der Waals surface area contributed by atoms with Crippen LogP contribution in [0.5, 0.6) is 0 Å². The van der Waals surface area contributed by atoms with Crippen molar-refractivity contribution in [3.05, 3.63) is 11.2 Å². The number of hydrogen-bond donors (Lipinski definition) is 1. The van der Waals surface area contributed by atoms with E-state index in [1.54, 1.807) is 11.0 Å². The second kappa shape index (κ2) is 5.93. The van der Waals surface area contributed by atoms with Crippen molar-refractivity contribution in [1.82, 2.24) is 15.1 Å². The summed E-state index contributed by atoms with van der Waals surface area (Å²) in [6.45, 7) is 7.98. The van der Waals surface area contributed by atoms with Crippen LogP contribution in [0.4, 0.5) is 16.3 Å². The van der Waals surface area contributed by atoms with Crippen LogP contribution >= 0.6 is 11.6 Å². The second-order valence-corrected chi connectivity index (χ2v) is 6.28. The van der Waals surface area contributed by atoms with Gasteiger partial charge in [0.25, 0.3) is 0 Å². The lowest BCUT2D eigenvalue weighted by Crippen LogP contribution is -2.50. The lowest BCUT2D eigenvalue weighted by molar-refractivity contribution is 0.0240. The predicted octanol–water partition coefficient (Wildman–Crippen LogP) is 1.77. The van der Waals surface area contributed by atoms with Gasteiger partial charge in [-0.25, -0.2) is 4.79 Å². The number of amides is 1. The van der Waals surface area contributed by atoms with Crippen molar-refractivity contribution >= 4 is 29.2 Å². The first kappa shape index (κ1) is 15.6. The molecule has 1 fully saturated rings. The molecule has 1 saturated heterocycles. The summed E-state index contributed by atoms with van der Waals surface area (Å²) in [4.78, 5) is 15.7. The number of nitrogens with zero attached hydrogens (tertiary/aromatic N) is 4. The molecular formula is C13H20ClN5O2. The first-order valence-corrected chi connectivity index (χ1v) is 7.15. The zero-order valence-electron chi connectivity index (χ0n) is 12.5. The van der Waals surface area contributed by atoms with Gasteiger partial charge in [-0.1, -0.05) is 11.6 Å². The van der Waals surface area contributed by atoms with E-state index in [1.165, 1.54) is 0 Å². The van der Waals surface area contributed by atoms with Crippen molar-refractivity contribution in [3.63, 3.8) is 0 Å². The zero-order chi connectivity index (χ0) is 15.6. The number of aromatic nitrogens is 2. The third-order valence-corrected chi connectivity index (χ3v) is 3.23. The first-order chi connectivity index (χ1) is 9.76. The Kier molecular flexibility index (Phi) is 4.41. The highest BCUT2D eigenvalue weighted by molar-refractivity contribution is 6.29. The molecule has 116 valence electrons. The Morgan fingerprint density at radius 3 is 2.48 bits per heavy atom. The SMILES string of the molecule is CC(C)(C)OC(=O)N1CCN(c2cc(Cl)nnc2N)CC1. The van der Waals surface area contributed by atoms with Gasteiger partial charge in [-0.3, -0.25) is 0 Å². The highest BCUT2D eigenvalue weighted by Crippen LogP contribution is 2.24. The molecule has 0 aromatic carbocycles. The summed E-state index contributed by atoms with van der Waals surface area (Å²) >= 11 is 5.85. The van der Waals surface area contributed by atoms with Crippen LogP contribution in [0.3, 0.4) is 0 Å². The van der Waals surface area contributed by atoms with E-state index in [9.17, 15) is 4.79 Å². The van der Waals surface area contributed by atoms with Crippen LogP contribution in [0.25, 0.3) is 0 Å². The number of piperazine rings is 1. The molecule has 0 atom stereocenters. The highest BCUT2D eigenvalue weighted by atomic mass is 35.5. The van der Waals surface area contributed by atoms with E-state index in [4.69, 9.17) is 22.1 Å².